The van der Waals surface area contributed by atoms with Crippen molar-refractivity contribution in [1.29, 1.82) is 0 Å². The smallest absolute Gasteiger partial charge is 0.261 e. The Morgan fingerprint density at radius 2 is 1.71 bits per heavy atom. The molecule has 8 heteroatoms. The molecule has 0 spiro atoms. The molecule has 0 fully saturated rings. The van der Waals surface area contributed by atoms with Crippen LogP contribution < -0.4 is 15.4 Å². The fraction of sp³-hybridized carbons (Fsp3) is 0.0769. The molecule has 3 aromatic rings. The zero-order valence-electron chi connectivity index (χ0n) is 18.0. The van der Waals surface area contributed by atoms with Crippen LogP contribution in [0.25, 0.3) is 11.3 Å². The number of para-hydroxylation sites is 1. The summed E-state index contributed by atoms with van der Waals surface area (Å²) in [6, 6.07) is 23.2. The first-order valence-corrected chi connectivity index (χ1v) is 14.7. The van der Waals surface area contributed by atoms with Crippen LogP contribution in [0.2, 0.25) is 0 Å². The van der Waals surface area contributed by atoms with Gasteiger partial charge in [-0.1, -0.05) is 75.3 Å². The Hall–Kier alpha value is -3.24. The van der Waals surface area contributed by atoms with Gasteiger partial charge in [-0.05, 0) is 50.4 Å². The number of nitrogens with one attached hydrogen (secondary N) is 3. The highest BCUT2D eigenvalue weighted by molar-refractivity contribution is 14.2. The molecular weight excluding hydrogens is 561 g/mol. The van der Waals surface area contributed by atoms with Gasteiger partial charge >= 0.3 is 0 Å². The van der Waals surface area contributed by atoms with Crippen LogP contribution in [0.15, 0.2) is 93.9 Å². The first kappa shape index (κ1) is 22.5. The molecule has 2 heterocycles. The molecule has 2 aliphatic rings. The van der Waals surface area contributed by atoms with Gasteiger partial charge in [-0.25, -0.2) is 8.42 Å². The second-order valence-corrected chi connectivity index (χ2v) is 11.8. The van der Waals surface area contributed by atoms with Crippen molar-refractivity contribution in [2.45, 2.75) is 17.4 Å². The number of anilines is 2. The van der Waals surface area contributed by atoms with E-state index in [9.17, 15) is 13.2 Å². The van der Waals surface area contributed by atoms with E-state index in [1.54, 1.807) is 36.4 Å². The predicted molar refractivity (Wildman–Crippen MR) is 146 cm³/mol. The Balaban J connectivity index is 1.60. The number of sulfonamides is 1. The Kier molecular flexibility index (Phi) is 6.34. The van der Waals surface area contributed by atoms with E-state index in [2.05, 4.69) is 29.5 Å². The molecule has 1 atom stereocenters. The summed E-state index contributed by atoms with van der Waals surface area (Å²) in [5.74, 6) is -0.261. The van der Waals surface area contributed by atoms with Crippen LogP contribution >= 0.6 is 20.7 Å². The average Bonchev–Trinajstić information content (AvgIpc) is 3.19. The lowest BCUT2D eigenvalue weighted by molar-refractivity contribution is -0.110. The second-order valence-electron chi connectivity index (χ2n) is 7.83. The van der Waals surface area contributed by atoms with Crippen LogP contribution in [0.5, 0.6) is 0 Å². The molecular formula is C26H22IN3O3S. The van der Waals surface area contributed by atoms with Crippen molar-refractivity contribution in [1.82, 2.24) is 5.32 Å². The number of carbonyl (C=O) groups excluding carboxylic acids is 1. The van der Waals surface area contributed by atoms with E-state index in [1.807, 2.05) is 36.4 Å². The standard InChI is InChI=1S/C26H22IN3O3S/c31-26-24(25(18-7-3-1-4-8-18)28-19-13-15-27-16-14-19)22-17-21(11-12-23(22)29-26)34(32,33)30-20-9-5-2-6-10-20/h1-13,15-17,19,28,30H,14H2,(H,29,31)/b25-24-. The summed E-state index contributed by atoms with van der Waals surface area (Å²) in [6.07, 6.45) is 3.03. The van der Waals surface area contributed by atoms with Crippen molar-refractivity contribution >= 4 is 63.3 Å². The van der Waals surface area contributed by atoms with E-state index < -0.39 is 10.0 Å². The zero-order valence-corrected chi connectivity index (χ0v) is 21.0. The molecule has 3 aromatic carbocycles. The number of rotatable bonds is 6. The topological polar surface area (TPSA) is 87.3 Å². The molecule has 172 valence electrons. The third kappa shape index (κ3) is 4.69. The van der Waals surface area contributed by atoms with Gasteiger partial charge in [0.2, 0.25) is 0 Å². The summed E-state index contributed by atoms with van der Waals surface area (Å²) in [6.45, 7) is 0. The number of benzene rings is 3. The number of amides is 1. The SMILES string of the molecule is O=C1Nc2ccc(S(=O)(=O)Nc3ccccc3)cc2/C1=C(/NC1C=CI=CC1)c1ccccc1. The minimum absolute atomic E-state index is 0.0105. The van der Waals surface area contributed by atoms with E-state index in [1.165, 1.54) is 6.07 Å². The van der Waals surface area contributed by atoms with Gasteiger partial charge in [0.1, 0.15) is 0 Å². The first-order valence-electron chi connectivity index (χ1n) is 10.7. The highest BCUT2D eigenvalue weighted by Gasteiger charge is 2.30. The Labute approximate surface area is 208 Å². The molecule has 6 nitrogen and oxygen atoms in total. The van der Waals surface area contributed by atoms with Crippen LogP contribution in [-0.2, 0) is 14.8 Å². The van der Waals surface area contributed by atoms with Crippen molar-refractivity contribution in [3.63, 3.8) is 0 Å². The van der Waals surface area contributed by atoms with Crippen LogP contribution in [-0.4, -0.2) is 24.4 Å². The summed E-state index contributed by atoms with van der Waals surface area (Å²) in [5.41, 5.74) is 3.61. The van der Waals surface area contributed by atoms with Crippen molar-refractivity contribution < 1.29 is 13.2 Å². The largest absolute Gasteiger partial charge is 0.377 e. The molecule has 0 aliphatic carbocycles. The second kappa shape index (κ2) is 9.55. The molecule has 0 bridgehead atoms. The summed E-state index contributed by atoms with van der Waals surface area (Å²) in [5, 5.41) is 6.43. The van der Waals surface area contributed by atoms with E-state index in [-0.39, 0.29) is 37.6 Å². The molecule has 0 radical (unpaired) electrons. The van der Waals surface area contributed by atoms with Crippen LogP contribution in [0, 0.1) is 0 Å². The van der Waals surface area contributed by atoms with Crippen molar-refractivity contribution in [2.75, 3.05) is 10.0 Å². The fourth-order valence-corrected chi connectivity index (χ4v) is 6.85. The molecule has 1 amide bonds. The number of halogens is 1. The van der Waals surface area contributed by atoms with E-state index >= 15 is 0 Å². The lowest BCUT2D eigenvalue weighted by atomic mass is 9.99. The van der Waals surface area contributed by atoms with Gasteiger partial charge in [-0.3, -0.25) is 9.52 Å². The van der Waals surface area contributed by atoms with Gasteiger partial charge in [-0.15, -0.1) is 0 Å². The molecule has 0 aromatic heterocycles. The van der Waals surface area contributed by atoms with Gasteiger partial charge in [0.25, 0.3) is 15.9 Å². The fourth-order valence-electron chi connectivity index (χ4n) is 3.89. The highest BCUT2D eigenvalue weighted by Crippen LogP contribution is 2.38. The van der Waals surface area contributed by atoms with Gasteiger partial charge in [0.15, 0.2) is 0 Å². The van der Waals surface area contributed by atoms with Gasteiger partial charge in [0.05, 0.1) is 16.2 Å². The minimum atomic E-state index is -3.84. The average molecular weight is 583 g/mol. The number of hydrogen-bond donors (Lipinski definition) is 3. The lowest BCUT2D eigenvalue weighted by Crippen LogP contribution is -2.28. The summed E-state index contributed by atoms with van der Waals surface area (Å²) >= 11 is -0.0105. The summed E-state index contributed by atoms with van der Waals surface area (Å²) < 4.78 is 33.3. The number of fused-ring (bicyclic) bond motifs is 1. The maximum atomic E-state index is 13.1. The number of carbonyl (C=O) groups is 1. The lowest BCUT2D eigenvalue weighted by Gasteiger charge is -2.21. The Morgan fingerprint density at radius 1 is 0.971 bits per heavy atom. The van der Waals surface area contributed by atoms with Crippen LogP contribution in [0.4, 0.5) is 11.4 Å². The molecule has 1 unspecified atom stereocenters. The van der Waals surface area contributed by atoms with Gasteiger partial charge in [0, 0.05) is 23.0 Å². The van der Waals surface area contributed by atoms with Crippen LogP contribution in [0.3, 0.4) is 0 Å². The normalized spacial score (nSPS) is 18.5. The van der Waals surface area contributed by atoms with Gasteiger partial charge in [-0.2, -0.15) is 0 Å². The zero-order chi connectivity index (χ0) is 23.5. The molecule has 3 N–H and O–H groups in total. The van der Waals surface area contributed by atoms with E-state index in [0.29, 0.717) is 28.2 Å². The third-order valence-corrected chi connectivity index (χ3v) is 8.75. The Bertz CT molecular complexity index is 1430. The molecule has 0 saturated heterocycles. The summed E-state index contributed by atoms with van der Waals surface area (Å²) in [4.78, 5) is 13.2. The minimum Gasteiger partial charge on any atom is -0.377 e. The molecule has 2 aliphatic heterocycles. The maximum Gasteiger partial charge on any atom is 0.261 e. The molecule has 5 rings (SSSR count). The maximum absolute atomic E-state index is 13.1. The first-order chi connectivity index (χ1) is 16.5. The van der Waals surface area contributed by atoms with E-state index in [4.69, 9.17) is 0 Å². The number of hydrogen-bond acceptors (Lipinski definition) is 4. The third-order valence-electron chi connectivity index (χ3n) is 5.52. The van der Waals surface area contributed by atoms with Crippen molar-refractivity contribution in [3.8, 4) is 0 Å². The molecule has 34 heavy (non-hydrogen) atoms. The van der Waals surface area contributed by atoms with Crippen LogP contribution in [0.1, 0.15) is 17.5 Å². The van der Waals surface area contributed by atoms with E-state index in [0.717, 1.165) is 12.0 Å². The Morgan fingerprint density at radius 3 is 2.41 bits per heavy atom. The highest BCUT2D eigenvalue weighted by atomic mass is 127. The quantitative estimate of drug-likeness (QED) is 0.283. The van der Waals surface area contributed by atoms with Crippen molar-refractivity contribution in [3.05, 3.63) is 100 Å². The predicted octanol–water partition coefficient (Wildman–Crippen LogP) is 4.96. The monoisotopic (exact) mass is 583 g/mol. The van der Waals surface area contributed by atoms with Crippen molar-refractivity contribution in [2.24, 2.45) is 0 Å². The van der Waals surface area contributed by atoms with Gasteiger partial charge < -0.3 is 10.6 Å². The summed E-state index contributed by atoms with van der Waals surface area (Å²) in [7, 11) is -3.84. The molecule has 0 saturated carbocycles.